The van der Waals surface area contributed by atoms with Crippen LogP contribution in [0.15, 0.2) is 36.9 Å². The van der Waals surface area contributed by atoms with Crippen LogP contribution in [-0.2, 0) is 0 Å². The Kier molecular flexibility index (Phi) is 4.51. The highest BCUT2D eigenvalue weighted by Gasteiger charge is 2.11. The molecule has 0 aliphatic rings. The monoisotopic (exact) mass is 243 g/mol. The number of hydrogen-bond donors (Lipinski definition) is 0. The third-order valence-corrected chi connectivity index (χ3v) is 3.32. The summed E-state index contributed by atoms with van der Waals surface area (Å²) in [5, 5.41) is 8.46. The molecule has 1 aromatic heterocycles. The molecule has 0 saturated heterocycles. The zero-order valence-electron chi connectivity index (χ0n) is 11.0. The van der Waals surface area contributed by atoms with Gasteiger partial charge in [-0.1, -0.05) is 56.0 Å². The molecule has 1 aromatic carbocycles. The molecule has 18 heavy (non-hydrogen) atoms. The molecule has 1 unspecified atom stereocenters. The van der Waals surface area contributed by atoms with E-state index in [1.165, 1.54) is 25.7 Å². The third-order valence-electron chi connectivity index (χ3n) is 3.32. The van der Waals surface area contributed by atoms with Crippen molar-refractivity contribution in [3.8, 4) is 0 Å². The van der Waals surface area contributed by atoms with E-state index in [1.807, 2.05) is 29.0 Å². The van der Waals surface area contributed by atoms with Gasteiger partial charge in [-0.3, -0.25) is 0 Å². The van der Waals surface area contributed by atoms with E-state index in [0.29, 0.717) is 0 Å². The van der Waals surface area contributed by atoms with E-state index in [2.05, 4.69) is 29.9 Å². The summed E-state index contributed by atoms with van der Waals surface area (Å²) in [6.45, 7) is 6.17. The quantitative estimate of drug-likeness (QED) is 0.540. The van der Waals surface area contributed by atoms with Gasteiger partial charge in [-0.05, 0) is 18.6 Å². The van der Waals surface area contributed by atoms with Gasteiger partial charge in [0, 0.05) is 0 Å². The molecule has 3 nitrogen and oxygen atoms in total. The molecule has 2 aromatic rings. The van der Waals surface area contributed by atoms with Crippen LogP contribution >= 0.6 is 0 Å². The summed E-state index contributed by atoms with van der Waals surface area (Å²) >= 11 is 0. The van der Waals surface area contributed by atoms with E-state index in [9.17, 15) is 0 Å². The number of fused-ring (bicyclic) bond motifs is 1. The largest absolute Gasteiger partial charge is 0.238 e. The molecule has 0 N–H and O–H groups in total. The Labute approximate surface area is 109 Å². The number of unbranched alkanes of at least 4 members (excludes halogenated alkanes) is 3. The van der Waals surface area contributed by atoms with Crippen molar-refractivity contribution in [3.63, 3.8) is 0 Å². The van der Waals surface area contributed by atoms with Crippen LogP contribution in [0.1, 0.15) is 45.1 Å². The number of nitrogens with zero attached hydrogens (tertiary/aromatic N) is 3. The van der Waals surface area contributed by atoms with E-state index in [0.717, 1.165) is 17.5 Å². The van der Waals surface area contributed by atoms with E-state index in [1.54, 1.807) is 0 Å². The summed E-state index contributed by atoms with van der Waals surface area (Å²) in [6, 6.07) is 8.34. The Balaban J connectivity index is 2.09. The second-order valence-corrected chi connectivity index (χ2v) is 4.68. The Hall–Kier alpha value is -1.64. The predicted octanol–water partition coefficient (Wildman–Crippen LogP) is 4.13. The summed E-state index contributed by atoms with van der Waals surface area (Å²) in [4.78, 5) is 0. The lowest BCUT2D eigenvalue weighted by Gasteiger charge is -2.13. The summed E-state index contributed by atoms with van der Waals surface area (Å²) in [5.74, 6) is 0. The van der Waals surface area contributed by atoms with Gasteiger partial charge >= 0.3 is 0 Å². The number of allylic oxidation sites excluding steroid dienone is 1. The van der Waals surface area contributed by atoms with Crippen LogP contribution in [0.25, 0.3) is 11.0 Å². The molecule has 0 aliphatic carbocycles. The first-order valence-electron chi connectivity index (χ1n) is 6.79. The van der Waals surface area contributed by atoms with Crippen LogP contribution in [0.5, 0.6) is 0 Å². The minimum Gasteiger partial charge on any atom is -0.238 e. The van der Waals surface area contributed by atoms with E-state index >= 15 is 0 Å². The fourth-order valence-corrected chi connectivity index (χ4v) is 2.25. The van der Waals surface area contributed by atoms with Gasteiger partial charge in [0.1, 0.15) is 5.52 Å². The molecule has 0 saturated carbocycles. The molecule has 96 valence electrons. The molecule has 1 heterocycles. The number of aromatic nitrogens is 3. The maximum atomic E-state index is 4.26. The van der Waals surface area contributed by atoms with Crippen molar-refractivity contribution in [2.45, 2.75) is 45.1 Å². The Morgan fingerprint density at radius 3 is 2.89 bits per heavy atom. The molecule has 2 rings (SSSR count). The first-order chi connectivity index (χ1) is 8.86. The number of rotatable bonds is 7. The lowest BCUT2D eigenvalue weighted by atomic mass is 10.1. The van der Waals surface area contributed by atoms with Gasteiger partial charge in [0.25, 0.3) is 0 Å². The third kappa shape index (κ3) is 2.78. The van der Waals surface area contributed by atoms with Gasteiger partial charge < -0.3 is 0 Å². The molecule has 0 fully saturated rings. The van der Waals surface area contributed by atoms with Crippen LogP contribution in [0.3, 0.4) is 0 Å². The highest BCUT2D eigenvalue weighted by molar-refractivity contribution is 5.74. The minimum atomic E-state index is 0.259. The Morgan fingerprint density at radius 1 is 1.28 bits per heavy atom. The zero-order valence-corrected chi connectivity index (χ0v) is 11.0. The van der Waals surface area contributed by atoms with Crippen molar-refractivity contribution in [2.24, 2.45) is 0 Å². The molecule has 1 atom stereocenters. The van der Waals surface area contributed by atoms with Crippen LogP contribution in [0.2, 0.25) is 0 Å². The van der Waals surface area contributed by atoms with E-state index in [-0.39, 0.29) is 6.04 Å². The van der Waals surface area contributed by atoms with Gasteiger partial charge in [-0.2, -0.15) is 0 Å². The van der Waals surface area contributed by atoms with Crippen molar-refractivity contribution in [3.05, 3.63) is 36.9 Å². The molecule has 0 aliphatic heterocycles. The first-order valence-corrected chi connectivity index (χ1v) is 6.79. The topological polar surface area (TPSA) is 30.7 Å². The van der Waals surface area contributed by atoms with Crippen molar-refractivity contribution in [1.82, 2.24) is 15.0 Å². The van der Waals surface area contributed by atoms with E-state index < -0.39 is 0 Å². The molecule has 0 amide bonds. The molecule has 3 heteroatoms. The fourth-order valence-electron chi connectivity index (χ4n) is 2.25. The highest BCUT2D eigenvalue weighted by atomic mass is 15.4. The summed E-state index contributed by atoms with van der Waals surface area (Å²) in [7, 11) is 0. The Bertz CT molecular complexity index is 501. The van der Waals surface area contributed by atoms with Gasteiger partial charge in [0.15, 0.2) is 0 Å². The van der Waals surface area contributed by atoms with Gasteiger partial charge in [0.2, 0.25) is 0 Å². The van der Waals surface area contributed by atoms with Crippen molar-refractivity contribution >= 4 is 11.0 Å². The maximum absolute atomic E-state index is 4.26. The molecule has 0 bridgehead atoms. The van der Waals surface area contributed by atoms with Gasteiger partial charge in [-0.25, -0.2) is 4.68 Å². The standard InChI is InChI=1S/C15H21N3/c1-3-5-6-7-10-13(4-2)18-15-12-9-8-11-14(15)16-17-18/h4,8-9,11-13H,2-3,5-7,10H2,1H3. The first kappa shape index (κ1) is 12.8. The normalized spacial score (nSPS) is 12.7. The SMILES string of the molecule is C=CC(CCCCCC)n1nnc2ccccc21. The van der Waals surface area contributed by atoms with Crippen LogP contribution in [0, 0.1) is 0 Å². The summed E-state index contributed by atoms with van der Waals surface area (Å²) < 4.78 is 1.99. The zero-order chi connectivity index (χ0) is 12.8. The lowest BCUT2D eigenvalue weighted by Crippen LogP contribution is -2.08. The fraction of sp³-hybridized carbons (Fsp3) is 0.467. The smallest absolute Gasteiger partial charge is 0.113 e. The average Bonchev–Trinajstić information content (AvgIpc) is 2.83. The van der Waals surface area contributed by atoms with E-state index in [4.69, 9.17) is 0 Å². The number of hydrogen-bond acceptors (Lipinski definition) is 2. The minimum absolute atomic E-state index is 0.259. The molecule has 0 spiro atoms. The molecular weight excluding hydrogens is 222 g/mol. The van der Waals surface area contributed by atoms with Crippen molar-refractivity contribution in [2.75, 3.05) is 0 Å². The lowest BCUT2D eigenvalue weighted by molar-refractivity contribution is 0.474. The second-order valence-electron chi connectivity index (χ2n) is 4.68. The number of benzene rings is 1. The summed E-state index contributed by atoms with van der Waals surface area (Å²) in [5.41, 5.74) is 2.05. The molecule has 0 radical (unpaired) electrons. The highest BCUT2D eigenvalue weighted by Crippen LogP contribution is 2.21. The van der Waals surface area contributed by atoms with Crippen LogP contribution in [-0.4, -0.2) is 15.0 Å². The van der Waals surface area contributed by atoms with Crippen LogP contribution < -0.4 is 0 Å². The maximum Gasteiger partial charge on any atom is 0.113 e. The van der Waals surface area contributed by atoms with Crippen LogP contribution in [0.4, 0.5) is 0 Å². The Morgan fingerprint density at radius 2 is 2.11 bits per heavy atom. The number of para-hydroxylation sites is 1. The second kappa shape index (κ2) is 6.34. The van der Waals surface area contributed by atoms with Gasteiger partial charge in [0.05, 0.1) is 11.6 Å². The average molecular weight is 243 g/mol. The van der Waals surface area contributed by atoms with Gasteiger partial charge in [-0.15, -0.1) is 11.7 Å². The summed E-state index contributed by atoms with van der Waals surface area (Å²) in [6.07, 6.45) is 8.16. The van der Waals surface area contributed by atoms with Crippen molar-refractivity contribution < 1.29 is 0 Å². The molecular formula is C15H21N3. The predicted molar refractivity (Wildman–Crippen MR) is 75.5 cm³/mol. The van der Waals surface area contributed by atoms with Crippen molar-refractivity contribution in [1.29, 1.82) is 0 Å².